The van der Waals surface area contributed by atoms with Crippen LogP contribution in [0.25, 0.3) is 0 Å². The molecule has 1 unspecified atom stereocenters. The first-order valence-corrected chi connectivity index (χ1v) is 5.65. The predicted molar refractivity (Wildman–Crippen MR) is 61.6 cm³/mol. The van der Waals surface area contributed by atoms with Crippen LogP contribution in [0, 0.1) is 0 Å². The van der Waals surface area contributed by atoms with E-state index >= 15 is 0 Å². The second-order valence-corrected chi connectivity index (χ2v) is 4.45. The molecular weight excluding hydrogens is 204 g/mol. The molecule has 2 heterocycles. The molecule has 1 aromatic rings. The summed E-state index contributed by atoms with van der Waals surface area (Å²) in [6, 6.07) is 3.41. The van der Waals surface area contributed by atoms with Crippen molar-refractivity contribution in [1.82, 2.24) is 9.80 Å². The number of furan rings is 1. The smallest absolute Gasteiger partial charge is 0.216 e. The van der Waals surface area contributed by atoms with Gasteiger partial charge in [-0.15, -0.1) is 0 Å². The summed E-state index contributed by atoms with van der Waals surface area (Å²) in [6.45, 7) is 2.78. The van der Waals surface area contributed by atoms with Crippen LogP contribution in [0.15, 0.2) is 22.8 Å². The normalized spacial score (nSPS) is 24.2. The van der Waals surface area contributed by atoms with Crippen LogP contribution in [-0.2, 0) is 0 Å². The lowest BCUT2D eigenvalue weighted by Gasteiger charge is -2.25. The third kappa shape index (κ3) is 2.33. The Hall–Kier alpha value is -1.13. The average Bonchev–Trinajstić information content (AvgIpc) is 2.72. The van der Waals surface area contributed by atoms with Crippen molar-refractivity contribution in [2.24, 2.45) is 0 Å². The molecule has 1 atom stereocenters. The van der Waals surface area contributed by atoms with E-state index in [2.05, 4.69) is 16.8 Å². The van der Waals surface area contributed by atoms with E-state index in [1.165, 1.54) is 0 Å². The number of rotatable bonds is 2. The summed E-state index contributed by atoms with van der Waals surface area (Å²) in [6.07, 6.45) is 2.66. The Morgan fingerprint density at radius 3 is 2.94 bits per heavy atom. The fourth-order valence-electron chi connectivity index (χ4n) is 2.14. The van der Waals surface area contributed by atoms with E-state index in [1.54, 1.807) is 18.4 Å². The third-order valence-corrected chi connectivity index (χ3v) is 3.13. The van der Waals surface area contributed by atoms with E-state index < -0.39 is 0 Å². The Morgan fingerprint density at radius 2 is 2.25 bits per heavy atom. The molecule has 1 aromatic heterocycles. The maximum Gasteiger partial charge on any atom is 0.216 e. The van der Waals surface area contributed by atoms with Crippen molar-refractivity contribution in [2.75, 3.05) is 33.7 Å². The topological polar surface area (TPSA) is 36.7 Å². The maximum absolute atomic E-state index is 12.2. The van der Waals surface area contributed by atoms with Gasteiger partial charge in [-0.05, 0) is 45.7 Å². The number of hydrogen-bond donors (Lipinski definition) is 0. The molecule has 1 aliphatic heterocycles. The van der Waals surface area contributed by atoms with Crippen LogP contribution >= 0.6 is 0 Å². The molecule has 2 rings (SSSR count). The molecule has 1 aliphatic rings. The van der Waals surface area contributed by atoms with Gasteiger partial charge in [-0.2, -0.15) is 0 Å². The van der Waals surface area contributed by atoms with Crippen LogP contribution in [0.1, 0.15) is 17.0 Å². The molecule has 0 aromatic carbocycles. The molecule has 0 amide bonds. The highest BCUT2D eigenvalue weighted by atomic mass is 16.3. The van der Waals surface area contributed by atoms with Gasteiger partial charge in [0.1, 0.15) is 0 Å². The SMILES string of the molecule is CN1CCCN(C)C(C(=O)c2ccco2)C1. The minimum absolute atomic E-state index is 0.0845. The Morgan fingerprint density at radius 1 is 1.44 bits per heavy atom. The van der Waals surface area contributed by atoms with Crippen molar-refractivity contribution in [3.63, 3.8) is 0 Å². The highest BCUT2D eigenvalue weighted by Crippen LogP contribution is 2.13. The third-order valence-electron chi connectivity index (χ3n) is 3.13. The number of likely N-dealkylation sites (N-methyl/N-ethyl adjacent to an activating group) is 2. The van der Waals surface area contributed by atoms with Gasteiger partial charge >= 0.3 is 0 Å². The fourth-order valence-corrected chi connectivity index (χ4v) is 2.14. The Bertz CT molecular complexity index is 348. The quantitative estimate of drug-likeness (QED) is 0.702. The molecule has 4 heteroatoms. The number of ketones is 1. The first kappa shape index (κ1) is 11.4. The lowest BCUT2D eigenvalue weighted by Crippen LogP contribution is -2.43. The zero-order chi connectivity index (χ0) is 11.5. The highest BCUT2D eigenvalue weighted by molar-refractivity contribution is 5.97. The van der Waals surface area contributed by atoms with Gasteiger partial charge in [-0.1, -0.05) is 0 Å². The molecule has 0 aliphatic carbocycles. The molecule has 0 radical (unpaired) electrons. The maximum atomic E-state index is 12.2. The summed E-state index contributed by atoms with van der Waals surface area (Å²) in [5.74, 6) is 0.549. The highest BCUT2D eigenvalue weighted by Gasteiger charge is 2.29. The van der Waals surface area contributed by atoms with Gasteiger partial charge in [-0.25, -0.2) is 0 Å². The number of carbonyl (C=O) groups is 1. The molecule has 0 bridgehead atoms. The van der Waals surface area contributed by atoms with E-state index in [1.807, 2.05) is 7.05 Å². The van der Waals surface area contributed by atoms with Crippen molar-refractivity contribution in [2.45, 2.75) is 12.5 Å². The molecular formula is C12H18N2O2. The van der Waals surface area contributed by atoms with Crippen LogP contribution in [-0.4, -0.2) is 55.4 Å². The van der Waals surface area contributed by atoms with Crippen molar-refractivity contribution >= 4 is 5.78 Å². The van der Waals surface area contributed by atoms with Crippen LogP contribution in [0.2, 0.25) is 0 Å². The van der Waals surface area contributed by atoms with Gasteiger partial charge in [-0.3, -0.25) is 9.69 Å². The van der Waals surface area contributed by atoms with Crippen molar-refractivity contribution in [3.05, 3.63) is 24.2 Å². The molecule has 88 valence electrons. The van der Waals surface area contributed by atoms with Crippen molar-refractivity contribution < 1.29 is 9.21 Å². The monoisotopic (exact) mass is 222 g/mol. The van der Waals surface area contributed by atoms with E-state index in [0.29, 0.717) is 5.76 Å². The van der Waals surface area contributed by atoms with Crippen LogP contribution < -0.4 is 0 Å². The zero-order valence-corrected chi connectivity index (χ0v) is 9.85. The lowest BCUT2D eigenvalue weighted by molar-refractivity contribution is 0.0810. The fraction of sp³-hybridized carbons (Fsp3) is 0.583. The van der Waals surface area contributed by atoms with Gasteiger partial charge in [0.05, 0.1) is 12.3 Å². The molecule has 4 nitrogen and oxygen atoms in total. The molecule has 16 heavy (non-hydrogen) atoms. The number of hydrogen-bond acceptors (Lipinski definition) is 4. The van der Waals surface area contributed by atoms with Crippen LogP contribution in [0.3, 0.4) is 0 Å². The lowest BCUT2D eigenvalue weighted by atomic mass is 10.1. The Kier molecular flexibility index (Phi) is 3.41. The van der Waals surface area contributed by atoms with Crippen molar-refractivity contribution in [1.29, 1.82) is 0 Å². The minimum Gasteiger partial charge on any atom is -0.461 e. The second-order valence-electron chi connectivity index (χ2n) is 4.45. The molecule has 0 spiro atoms. The first-order chi connectivity index (χ1) is 7.68. The molecule has 0 N–H and O–H groups in total. The largest absolute Gasteiger partial charge is 0.461 e. The average molecular weight is 222 g/mol. The van der Waals surface area contributed by atoms with Gasteiger partial charge in [0, 0.05) is 6.54 Å². The summed E-state index contributed by atoms with van der Waals surface area (Å²) < 4.78 is 5.18. The standard InChI is InChI=1S/C12H18N2O2/c1-13-6-4-7-14(2)10(9-13)12(15)11-5-3-8-16-11/h3,5,8,10H,4,6-7,9H2,1-2H3. The Balaban J connectivity index is 2.14. The van der Waals surface area contributed by atoms with E-state index in [-0.39, 0.29) is 11.8 Å². The first-order valence-electron chi connectivity index (χ1n) is 5.65. The molecule has 0 saturated carbocycles. The predicted octanol–water partition coefficient (Wildman–Crippen LogP) is 1.10. The summed E-state index contributed by atoms with van der Waals surface area (Å²) in [7, 11) is 4.06. The number of nitrogens with zero attached hydrogens (tertiary/aromatic N) is 2. The van der Waals surface area contributed by atoms with Crippen LogP contribution in [0.4, 0.5) is 0 Å². The van der Waals surface area contributed by atoms with E-state index in [0.717, 1.165) is 26.1 Å². The summed E-state index contributed by atoms with van der Waals surface area (Å²) in [5, 5.41) is 0. The molecule has 1 saturated heterocycles. The molecule has 1 fully saturated rings. The summed E-state index contributed by atoms with van der Waals surface area (Å²) >= 11 is 0. The van der Waals surface area contributed by atoms with Gasteiger partial charge in [0.15, 0.2) is 5.76 Å². The van der Waals surface area contributed by atoms with Gasteiger partial charge < -0.3 is 9.32 Å². The minimum atomic E-state index is -0.0846. The summed E-state index contributed by atoms with van der Waals surface area (Å²) in [5.41, 5.74) is 0. The number of carbonyl (C=O) groups excluding carboxylic acids is 1. The van der Waals surface area contributed by atoms with Crippen molar-refractivity contribution in [3.8, 4) is 0 Å². The second kappa shape index (κ2) is 4.80. The number of Topliss-reactive ketones (excluding diaryl/α,β-unsaturated/α-hetero) is 1. The zero-order valence-electron chi connectivity index (χ0n) is 9.85. The van der Waals surface area contributed by atoms with Crippen LogP contribution in [0.5, 0.6) is 0 Å². The summed E-state index contributed by atoms with van der Waals surface area (Å²) in [4.78, 5) is 16.5. The van der Waals surface area contributed by atoms with E-state index in [9.17, 15) is 4.79 Å². The Labute approximate surface area is 95.8 Å². The van der Waals surface area contributed by atoms with Gasteiger partial charge in [0.25, 0.3) is 0 Å². The van der Waals surface area contributed by atoms with Gasteiger partial charge in [0.2, 0.25) is 5.78 Å². The van der Waals surface area contributed by atoms with E-state index in [4.69, 9.17) is 4.42 Å².